The summed E-state index contributed by atoms with van der Waals surface area (Å²) in [7, 11) is -3.58. The maximum atomic E-state index is 12.9. The lowest BCUT2D eigenvalue weighted by atomic mass is 10.1. The first-order valence-electron chi connectivity index (χ1n) is 9.54. The minimum atomic E-state index is -3.58. The average molecular weight is 419 g/mol. The summed E-state index contributed by atoms with van der Waals surface area (Å²) in [5.41, 5.74) is 1.04. The Kier molecular flexibility index (Phi) is 6.14. The molecule has 0 bridgehead atoms. The highest BCUT2D eigenvalue weighted by atomic mass is 32.2. The number of carbonyl (C=O) groups excluding carboxylic acids is 1. The van der Waals surface area contributed by atoms with Crippen LogP contribution in [0.3, 0.4) is 0 Å². The summed E-state index contributed by atoms with van der Waals surface area (Å²) >= 11 is 0. The van der Waals surface area contributed by atoms with Crippen LogP contribution in [0.5, 0.6) is 11.5 Å². The van der Waals surface area contributed by atoms with E-state index in [4.69, 9.17) is 4.74 Å². The van der Waals surface area contributed by atoms with E-state index in [1.165, 1.54) is 11.2 Å². The number of ether oxygens (including phenoxy) is 1. The third-order valence-electron chi connectivity index (χ3n) is 4.80. The number of hydrogen-bond acceptors (Lipinski definition) is 6. The zero-order valence-corrected chi connectivity index (χ0v) is 17.6. The van der Waals surface area contributed by atoms with E-state index in [9.17, 15) is 18.3 Å². The second-order valence-electron chi connectivity index (χ2n) is 7.29. The fourth-order valence-electron chi connectivity index (χ4n) is 3.31. The van der Waals surface area contributed by atoms with Gasteiger partial charge in [0.2, 0.25) is 10.0 Å². The molecular formula is C21H26N2O5S. The summed E-state index contributed by atoms with van der Waals surface area (Å²) in [6.45, 7) is 6.89. The number of aromatic hydroxyl groups is 1. The summed E-state index contributed by atoms with van der Waals surface area (Å²) in [5.74, 6) is 0.376. The number of carbonyl (C=O) groups is 1. The van der Waals surface area contributed by atoms with Gasteiger partial charge >= 0.3 is 0 Å². The Labute approximate surface area is 171 Å². The smallest absolute Gasteiger partial charge is 0.243 e. The van der Waals surface area contributed by atoms with Gasteiger partial charge in [-0.05, 0) is 57.2 Å². The number of anilines is 1. The molecule has 1 N–H and O–H groups in total. The molecule has 7 nitrogen and oxygen atoms in total. The monoisotopic (exact) mass is 418 g/mol. The van der Waals surface area contributed by atoms with Crippen molar-refractivity contribution in [2.24, 2.45) is 0 Å². The number of hydrogen-bond donors (Lipinski definition) is 1. The van der Waals surface area contributed by atoms with Crippen molar-refractivity contribution in [2.75, 3.05) is 31.1 Å². The normalized spacial score (nSPS) is 15.5. The molecule has 8 heteroatoms. The average Bonchev–Trinajstić information content (AvgIpc) is 2.67. The Balaban J connectivity index is 1.68. The standard InChI is InChI=1S/C21H26N2O5S/c1-15(2)28-18-5-7-19(8-6-18)29(26,27)23-12-10-22(11-13-23)17-4-9-20(16(3)24)21(25)14-17/h4-9,14-15,25H,10-13H2,1-3H3. The molecule has 156 valence electrons. The molecule has 29 heavy (non-hydrogen) atoms. The lowest BCUT2D eigenvalue weighted by Crippen LogP contribution is -2.48. The van der Waals surface area contributed by atoms with Gasteiger partial charge in [0.25, 0.3) is 0 Å². The number of phenolic OH excluding ortho intramolecular Hbond substituents is 1. The number of piperazine rings is 1. The van der Waals surface area contributed by atoms with Crippen LogP contribution in [0.25, 0.3) is 0 Å². The van der Waals surface area contributed by atoms with Gasteiger partial charge in [0.05, 0.1) is 16.6 Å². The molecule has 1 aliphatic heterocycles. The van der Waals surface area contributed by atoms with Crippen LogP contribution < -0.4 is 9.64 Å². The fraction of sp³-hybridized carbons (Fsp3) is 0.381. The highest BCUT2D eigenvalue weighted by Crippen LogP contribution is 2.27. The van der Waals surface area contributed by atoms with Gasteiger partial charge in [-0.2, -0.15) is 4.31 Å². The number of nitrogens with zero attached hydrogens (tertiary/aromatic N) is 2. The van der Waals surface area contributed by atoms with E-state index in [1.807, 2.05) is 18.7 Å². The van der Waals surface area contributed by atoms with Crippen molar-refractivity contribution in [1.82, 2.24) is 4.31 Å². The quantitative estimate of drug-likeness (QED) is 0.726. The zero-order valence-electron chi connectivity index (χ0n) is 16.8. The third-order valence-corrected chi connectivity index (χ3v) is 6.71. The van der Waals surface area contributed by atoms with Crippen LogP contribution in [0.4, 0.5) is 5.69 Å². The maximum Gasteiger partial charge on any atom is 0.243 e. The predicted octanol–water partition coefficient (Wildman–Crippen LogP) is 2.89. The predicted molar refractivity (Wildman–Crippen MR) is 111 cm³/mol. The van der Waals surface area contributed by atoms with Crippen molar-refractivity contribution in [1.29, 1.82) is 0 Å². The van der Waals surface area contributed by atoms with Crippen LogP contribution in [-0.2, 0) is 10.0 Å². The minimum absolute atomic E-state index is 0.0227. The number of phenols is 1. The van der Waals surface area contributed by atoms with Gasteiger partial charge in [-0.25, -0.2) is 8.42 Å². The summed E-state index contributed by atoms with van der Waals surface area (Å²) in [6, 6.07) is 11.4. The third kappa shape index (κ3) is 4.71. The lowest BCUT2D eigenvalue weighted by Gasteiger charge is -2.35. The molecule has 0 amide bonds. The van der Waals surface area contributed by atoms with Crippen LogP contribution in [0.1, 0.15) is 31.1 Å². The molecule has 0 atom stereocenters. The second-order valence-corrected chi connectivity index (χ2v) is 9.22. The van der Waals surface area contributed by atoms with Crippen LogP contribution in [0.15, 0.2) is 47.4 Å². The zero-order chi connectivity index (χ0) is 21.2. The van der Waals surface area contributed by atoms with Crippen LogP contribution in [0, 0.1) is 0 Å². The van der Waals surface area contributed by atoms with E-state index in [0.29, 0.717) is 31.9 Å². The molecule has 1 aliphatic rings. The SMILES string of the molecule is CC(=O)c1ccc(N2CCN(S(=O)(=O)c3ccc(OC(C)C)cc3)CC2)cc1O. The van der Waals surface area contributed by atoms with E-state index in [0.717, 1.165) is 5.69 Å². The molecule has 1 heterocycles. The molecule has 0 spiro atoms. The maximum absolute atomic E-state index is 12.9. The van der Waals surface area contributed by atoms with Crippen molar-refractivity contribution >= 4 is 21.5 Å². The summed E-state index contributed by atoms with van der Waals surface area (Å²) in [4.78, 5) is 13.7. The number of benzene rings is 2. The summed E-state index contributed by atoms with van der Waals surface area (Å²) in [6.07, 6.45) is 0.0227. The Hall–Kier alpha value is -2.58. The topological polar surface area (TPSA) is 87.2 Å². The van der Waals surface area contributed by atoms with E-state index in [-0.39, 0.29) is 28.1 Å². The lowest BCUT2D eigenvalue weighted by molar-refractivity contribution is 0.101. The first kappa shape index (κ1) is 21.1. The van der Waals surface area contributed by atoms with Crippen LogP contribution >= 0.6 is 0 Å². The molecule has 0 saturated carbocycles. The van der Waals surface area contributed by atoms with E-state index < -0.39 is 10.0 Å². The van der Waals surface area contributed by atoms with Crippen molar-refractivity contribution in [2.45, 2.75) is 31.8 Å². The molecule has 0 radical (unpaired) electrons. The van der Waals surface area contributed by atoms with Crippen molar-refractivity contribution in [3.05, 3.63) is 48.0 Å². The highest BCUT2D eigenvalue weighted by molar-refractivity contribution is 7.89. The van der Waals surface area contributed by atoms with Gasteiger partial charge in [-0.1, -0.05) is 0 Å². The van der Waals surface area contributed by atoms with Crippen molar-refractivity contribution in [3.8, 4) is 11.5 Å². The number of Topliss-reactive ketones (excluding diaryl/α,β-unsaturated/α-hetero) is 1. The Morgan fingerprint density at radius 2 is 1.66 bits per heavy atom. The first-order valence-corrected chi connectivity index (χ1v) is 11.0. The Morgan fingerprint density at radius 3 is 2.17 bits per heavy atom. The van der Waals surface area contributed by atoms with Gasteiger partial charge < -0.3 is 14.7 Å². The molecule has 1 saturated heterocycles. The number of sulfonamides is 1. The van der Waals surface area contributed by atoms with E-state index in [1.54, 1.807) is 42.5 Å². The van der Waals surface area contributed by atoms with Crippen molar-refractivity contribution < 1.29 is 23.1 Å². The van der Waals surface area contributed by atoms with Crippen LogP contribution in [0.2, 0.25) is 0 Å². The molecule has 0 aliphatic carbocycles. The second kappa shape index (κ2) is 8.42. The molecule has 1 fully saturated rings. The van der Waals surface area contributed by atoms with Gasteiger partial charge in [0.1, 0.15) is 11.5 Å². The molecule has 2 aromatic rings. The molecule has 0 unspecified atom stereocenters. The Bertz CT molecular complexity index is 979. The fourth-order valence-corrected chi connectivity index (χ4v) is 4.73. The number of ketones is 1. The van der Waals surface area contributed by atoms with Gasteiger partial charge in [0, 0.05) is 37.9 Å². The first-order chi connectivity index (χ1) is 13.7. The minimum Gasteiger partial charge on any atom is -0.507 e. The summed E-state index contributed by atoms with van der Waals surface area (Å²) < 4.78 is 32.9. The molecule has 2 aromatic carbocycles. The highest BCUT2D eigenvalue weighted by Gasteiger charge is 2.29. The molecule has 3 rings (SSSR count). The van der Waals surface area contributed by atoms with E-state index in [2.05, 4.69) is 0 Å². The van der Waals surface area contributed by atoms with Gasteiger partial charge in [-0.15, -0.1) is 0 Å². The van der Waals surface area contributed by atoms with Crippen molar-refractivity contribution in [3.63, 3.8) is 0 Å². The van der Waals surface area contributed by atoms with Crippen LogP contribution in [-0.4, -0.2) is 55.9 Å². The largest absolute Gasteiger partial charge is 0.507 e. The number of rotatable bonds is 6. The Morgan fingerprint density at radius 1 is 1.03 bits per heavy atom. The summed E-state index contributed by atoms with van der Waals surface area (Å²) in [5, 5.41) is 10.0. The van der Waals surface area contributed by atoms with E-state index >= 15 is 0 Å². The van der Waals surface area contributed by atoms with Gasteiger partial charge in [0.15, 0.2) is 5.78 Å². The van der Waals surface area contributed by atoms with Gasteiger partial charge in [-0.3, -0.25) is 4.79 Å². The molecular weight excluding hydrogens is 392 g/mol. The molecule has 0 aromatic heterocycles.